The van der Waals surface area contributed by atoms with Crippen molar-refractivity contribution in [1.29, 1.82) is 0 Å². The van der Waals surface area contributed by atoms with Crippen LogP contribution in [-0.4, -0.2) is 34.0 Å². The topological polar surface area (TPSA) is 76.2 Å². The first-order valence-corrected chi connectivity index (χ1v) is 13.1. The molecule has 0 spiro atoms. The molecule has 0 saturated heterocycles. The number of aryl methyl sites for hydroxylation is 2. The molecule has 194 valence electrons. The molecule has 3 aromatic carbocycles. The number of rotatable bonds is 7. The van der Waals surface area contributed by atoms with Gasteiger partial charge in [0.05, 0.1) is 10.7 Å². The Labute approximate surface area is 231 Å². The van der Waals surface area contributed by atoms with Gasteiger partial charge >= 0.3 is 0 Å². The maximum atomic E-state index is 13.0. The first-order valence-electron chi connectivity index (χ1n) is 12.4. The molecule has 1 amide bonds. The highest BCUT2D eigenvalue weighted by molar-refractivity contribution is 6.36. The zero-order chi connectivity index (χ0) is 27.0. The Morgan fingerprint density at radius 3 is 2.34 bits per heavy atom. The van der Waals surface area contributed by atoms with Gasteiger partial charge in [0.1, 0.15) is 16.8 Å². The van der Waals surface area contributed by atoms with E-state index in [1.807, 2.05) is 25.1 Å². The summed E-state index contributed by atoms with van der Waals surface area (Å²) in [6, 6.07) is 18.5. The molecule has 0 saturated carbocycles. The lowest BCUT2D eigenvalue weighted by atomic mass is 10.1. The van der Waals surface area contributed by atoms with Crippen LogP contribution >= 0.6 is 23.2 Å². The predicted octanol–water partition coefficient (Wildman–Crippen LogP) is 7.70. The van der Waals surface area contributed by atoms with Crippen molar-refractivity contribution >= 4 is 51.5 Å². The Balaban J connectivity index is 1.39. The second kappa shape index (κ2) is 10.5. The summed E-state index contributed by atoms with van der Waals surface area (Å²) in [4.78, 5) is 16.9. The van der Waals surface area contributed by atoms with Crippen molar-refractivity contribution in [1.82, 2.24) is 15.0 Å². The molecular formula is C29H27Cl2N5O2. The maximum Gasteiger partial charge on any atom is 0.291 e. The Morgan fingerprint density at radius 1 is 0.921 bits per heavy atom. The van der Waals surface area contributed by atoms with Gasteiger partial charge in [-0.05, 0) is 99.5 Å². The number of fused-ring (bicyclic) bond motifs is 1. The molecule has 7 nitrogen and oxygen atoms in total. The first-order chi connectivity index (χ1) is 18.3. The number of benzene rings is 3. The summed E-state index contributed by atoms with van der Waals surface area (Å²) in [5.74, 6) is 0.270. The maximum absolute atomic E-state index is 13.0. The van der Waals surface area contributed by atoms with Gasteiger partial charge in [0.15, 0.2) is 5.76 Å². The second-order valence-corrected chi connectivity index (χ2v) is 9.87. The lowest BCUT2D eigenvalue weighted by Crippen LogP contribution is -2.21. The van der Waals surface area contributed by atoms with E-state index in [0.717, 1.165) is 35.4 Å². The number of carbonyl (C=O) groups is 1. The summed E-state index contributed by atoms with van der Waals surface area (Å²) >= 11 is 12.3. The van der Waals surface area contributed by atoms with Gasteiger partial charge in [-0.1, -0.05) is 23.2 Å². The Kier molecular flexibility index (Phi) is 7.15. The second-order valence-electron chi connectivity index (χ2n) is 9.03. The number of nitrogens with zero attached hydrogens (tertiary/aromatic N) is 4. The van der Waals surface area contributed by atoms with E-state index in [0.29, 0.717) is 32.6 Å². The van der Waals surface area contributed by atoms with Crippen molar-refractivity contribution in [2.45, 2.75) is 27.7 Å². The molecule has 2 heterocycles. The van der Waals surface area contributed by atoms with Crippen LogP contribution in [-0.2, 0) is 0 Å². The van der Waals surface area contributed by atoms with Gasteiger partial charge < -0.3 is 14.6 Å². The average Bonchev–Trinajstić information content (AvgIpc) is 3.52. The van der Waals surface area contributed by atoms with E-state index in [4.69, 9.17) is 32.7 Å². The van der Waals surface area contributed by atoms with Crippen LogP contribution in [0.3, 0.4) is 0 Å². The van der Waals surface area contributed by atoms with Crippen LogP contribution in [0.25, 0.3) is 28.0 Å². The summed E-state index contributed by atoms with van der Waals surface area (Å²) in [5.41, 5.74) is 6.72. The molecule has 0 bridgehead atoms. The van der Waals surface area contributed by atoms with Crippen LogP contribution in [0, 0.1) is 13.8 Å². The number of carbonyl (C=O) groups excluding carboxylic acids is 1. The van der Waals surface area contributed by atoms with Crippen molar-refractivity contribution in [2.24, 2.45) is 0 Å². The molecule has 0 fully saturated rings. The molecule has 1 N–H and O–H groups in total. The van der Waals surface area contributed by atoms with E-state index in [1.54, 1.807) is 35.1 Å². The van der Waals surface area contributed by atoms with Crippen molar-refractivity contribution in [3.8, 4) is 17.0 Å². The minimum atomic E-state index is -0.376. The van der Waals surface area contributed by atoms with Gasteiger partial charge in [-0.3, -0.25) is 4.79 Å². The van der Waals surface area contributed by atoms with Crippen LogP contribution in [0.1, 0.15) is 35.5 Å². The summed E-state index contributed by atoms with van der Waals surface area (Å²) in [6.45, 7) is 10.2. The summed E-state index contributed by atoms with van der Waals surface area (Å²) in [5, 5.41) is 13.3. The van der Waals surface area contributed by atoms with Gasteiger partial charge in [-0.15, -0.1) is 10.2 Å². The molecule has 0 aliphatic carbocycles. The molecule has 9 heteroatoms. The summed E-state index contributed by atoms with van der Waals surface area (Å²) in [7, 11) is 0. The molecule has 0 aliphatic heterocycles. The average molecular weight is 548 g/mol. The van der Waals surface area contributed by atoms with Crippen LogP contribution in [0.2, 0.25) is 10.0 Å². The zero-order valence-electron chi connectivity index (χ0n) is 21.5. The molecule has 0 radical (unpaired) electrons. The third-order valence-electron chi connectivity index (χ3n) is 6.53. The van der Waals surface area contributed by atoms with E-state index in [1.165, 1.54) is 5.69 Å². The number of halogens is 2. The van der Waals surface area contributed by atoms with Gasteiger partial charge in [0, 0.05) is 35.1 Å². The predicted molar refractivity (Wildman–Crippen MR) is 154 cm³/mol. The van der Waals surface area contributed by atoms with Crippen molar-refractivity contribution in [3.05, 3.63) is 87.6 Å². The zero-order valence-corrected chi connectivity index (χ0v) is 23.1. The molecular weight excluding hydrogens is 521 g/mol. The number of aromatic nitrogens is 3. The Bertz CT molecular complexity index is 1650. The highest BCUT2D eigenvalue weighted by Crippen LogP contribution is 2.32. The highest BCUT2D eigenvalue weighted by Gasteiger charge is 2.17. The number of hydrogen-bond donors (Lipinski definition) is 1. The fourth-order valence-corrected chi connectivity index (χ4v) is 4.94. The largest absolute Gasteiger partial charge is 0.451 e. The molecule has 0 atom stereocenters. The molecule has 5 aromatic rings. The Morgan fingerprint density at radius 2 is 1.66 bits per heavy atom. The van der Waals surface area contributed by atoms with Crippen LogP contribution in [0.5, 0.6) is 0 Å². The van der Waals surface area contributed by atoms with E-state index >= 15 is 0 Å². The number of amides is 1. The minimum absolute atomic E-state index is 0.165. The molecule has 5 rings (SSSR count). The normalized spacial score (nSPS) is 11.2. The smallest absolute Gasteiger partial charge is 0.291 e. The van der Waals surface area contributed by atoms with Gasteiger partial charge in [0.25, 0.3) is 5.91 Å². The fourth-order valence-electron chi connectivity index (χ4n) is 4.44. The number of hydrogen-bond acceptors (Lipinski definition) is 5. The van der Waals surface area contributed by atoms with E-state index < -0.39 is 0 Å². The molecule has 38 heavy (non-hydrogen) atoms. The van der Waals surface area contributed by atoms with E-state index in [-0.39, 0.29) is 11.7 Å². The lowest BCUT2D eigenvalue weighted by Gasteiger charge is -2.22. The van der Waals surface area contributed by atoms with E-state index in [9.17, 15) is 4.79 Å². The van der Waals surface area contributed by atoms with Gasteiger partial charge in [0.2, 0.25) is 0 Å². The number of nitrogens with one attached hydrogen (secondary N) is 1. The SMILES string of the molecule is CCN(CC)c1ccc(-n2nc3cc(C)c(NC(=O)c4ccc(-c5ccc(Cl)cc5Cl)o4)cc3n2)c(C)c1. The summed E-state index contributed by atoms with van der Waals surface area (Å²) in [6.07, 6.45) is 0. The molecule has 2 aromatic heterocycles. The number of anilines is 2. The van der Waals surface area contributed by atoms with Crippen LogP contribution in [0.4, 0.5) is 11.4 Å². The molecule has 0 unspecified atom stereocenters. The summed E-state index contributed by atoms with van der Waals surface area (Å²) < 4.78 is 5.79. The number of furan rings is 1. The van der Waals surface area contributed by atoms with Crippen LogP contribution < -0.4 is 10.2 Å². The monoisotopic (exact) mass is 547 g/mol. The first kappa shape index (κ1) is 25.8. The third-order valence-corrected chi connectivity index (χ3v) is 7.07. The fraction of sp³-hybridized carbons (Fsp3) is 0.207. The van der Waals surface area contributed by atoms with E-state index in [2.05, 4.69) is 48.2 Å². The van der Waals surface area contributed by atoms with Crippen LogP contribution in [0.15, 0.2) is 65.1 Å². The quantitative estimate of drug-likeness (QED) is 0.226. The highest BCUT2D eigenvalue weighted by atomic mass is 35.5. The minimum Gasteiger partial charge on any atom is -0.451 e. The van der Waals surface area contributed by atoms with Gasteiger partial charge in [-0.25, -0.2) is 0 Å². The lowest BCUT2D eigenvalue weighted by molar-refractivity contribution is 0.0997. The van der Waals surface area contributed by atoms with Crippen molar-refractivity contribution < 1.29 is 9.21 Å². The standard InChI is InChI=1S/C29H27Cl2N5O2/c1-5-35(6-2)20-8-10-26(18(4)13-20)36-33-24-14-17(3)23(16-25(24)34-36)32-29(37)28-12-11-27(38-28)21-9-7-19(30)15-22(21)31/h7-16H,5-6H2,1-4H3,(H,32,37). The van der Waals surface area contributed by atoms with Crippen molar-refractivity contribution in [3.63, 3.8) is 0 Å². The Hall–Kier alpha value is -3.81. The van der Waals surface area contributed by atoms with Gasteiger partial charge in [-0.2, -0.15) is 4.80 Å². The third kappa shape index (κ3) is 4.99. The molecule has 0 aliphatic rings. The van der Waals surface area contributed by atoms with Crippen molar-refractivity contribution in [2.75, 3.05) is 23.3 Å².